The van der Waals surface area contributed by atoms with Crippen LogP contribution in [-0.4, -0.2) is 24.4 Å². The van der Waals surface area contributed by atoms with Crippen LogP contribution < -0.4 is 5.48 Å². The number of hydrogen-bond acceptors (Lipinski definition) is 3. The fourth-order valence-electron chi connectivity index (χ4n) is 0.803. The van der Waals surface area contributed by atoms with E-state index in [1.54, 1.807) is 0 Å². The van der Waals surface area contributed by atoms with Gasteiger partial charge in [-0.2, -0.15) is 0 Å². The molecular formula is C5H11NO2. The summed E-state index contributed by atoms with van der Waals surface area (Å²) in [6.07, 6.45) is 2.04. The van der Waals surface area contributed by atoms with Crippen molar-refractivity contribution >= 4 is 0 Å². The molecule has 3 nitrogen and oxygen atoms in total. The summed E-state index contributed by atoms with van der Waals surface area (Å²) < 4.78 is 0. The standard InChI is InChI=1S/C5H11NO2/c7-4-2-5-1-3-6-8-5/h5-7H,1-4H2. The van der Waals surface area contributed by atoms with Crippen molar-refractivity contribution in [3.05, 3.63) is 0 Å². The summed E-state index contributed by atoms with van der Waals surface area (Å²) in [4.78, 5) is 4.98. The normalized spacial score (nSPS) is 28.9. The Labute approximate surface area is 48.6 Å². The third-order valence-electron chi connectivity index (χ3n) is 1.27. The zero-order valence-corrected chi connectivity index (χ0v) is 4.76. The lowest BCUT2D eigenvalue weighted by Crippen LogP contribution is -2.10. The van der Waals surface area contributed by atoms with E-state index in [1.165, 1.54) is 0 Å². The Morgan fingerprint density at radius 1 is 1.75 bits per heavy atom. The van der Waals surface area contributed by atoms with Crippen LogP contribution in [0.4, 0.5) is 0 Å². The molecule has 0 aromatic rings. The first-order valence-electron chi connectivity index (χ1n) is 2.93. The molecule has 3 heteroatoms. The van der Waals surface area contributed by atoms with Gasteiger partial charge in [0.05, 0.1) is 6.10 Å². The average Bonchev–Trinajstić information content (AvgIpc) is 2.19. The lowest BCUT2D eigenvalue weighted by atomic mass is 10.2. The van der Waals surface area contributed by atoms with Crippen LogP contribution in [0.3, 0.4) is 0 Å². The van der Waals surface area contributed by atoms with E-state index in [0.717, 1.165) is 19.4 Å². The molecule has 0 radical (unpaired) electrons. The van der Waals surface area contributed by atoms with E-state index in [1.807, 2.05) is 0 Å². The first-order chi connectivity index (χ1) is 3.93. The van der Waals surface area contributed by atoms with Crippen molar-refractivity contribution in [1.82, 2.24) is 5.48 Å². The highest BCUT2D eigenvalue weighted by Gasteiger charge is 2.13. The quantitative estimate of drug-likeness (QED) is 0.520. The summed E-state index contributed by atoms with van der Waals surface area (Å²) in [6.45, 7) is 1.15. The van der Waals surface area contributed by atoms with E-state index in [2.05, 4.69) is 5.48 Å². The van der Waals surface area contributed by atoms with E-state index in [0.29, 0.717) is 0 Å². The Balaban J connectivity index is 2.06. The Hall–Kier alpha value is -0.120. The zero-order chi connectivity index (χ0) is 5.82. The summed E-state index contributed by atoms with van der Waals surface area (Å²) in [5.41, 5.74) is 2.75. The van der Waals surface area contributed by atoms with E-state index in [4.69, 9.17) is 9.94 Å². The van der Waals surface area contributed by atoms with Gasteiger partial charge in [0.15, 0.2) is 0 Å². The van der Waals surface area contributed by atoms with E-state index >= 15 is 0 Å². The van der Waals surface area contributed by atoms with Crippen molar-refractivity contribution in [3.8, 4) is 0 Å². The molecule has 0 aromatic carbocycles. The van der Waals surface area contributed by atoms with Crippen LogP contribution >= 0.6 is 0 Å². The van der Waals surface area contributed by atoms with Crippen molar-refractivity contribution in [3.63, 3.8) is 0 Å². The second kappa shape index (κ2) is 3.02. The third kappa shape index (κ3) is 1.43. The molecule has 1 rings (SSSR count). The van der Waals surface area contributed by atoms with Crippen LogP contribution in [-0.2, 0) is 4.84 Å². The SMILES string of the molecule is OCCC1CCNO1. The van der Waals surface area contributed by atoms with Crippen molar-refractivity contribution in [2.45, 2.75) is 18.9 Å². The molecule has 2 N–H and O–H groups in total. The predicted octanol–water partition coefficient (Wildman–Crippen LogP) is -0.338. The number of rotatable bonds is 2. The molecule has 0 amide bonds. The van der Waals surface area contributed by atoms with Crippen LogP contribution in [0.15, 0.2) is 0 Å². The minimum Gasteiger partial charge on any atom is -0.396 e. The highest BCUT2D eigenvalue weighted by atomic mass is 16.7. The van der Waals surface area contributed by atoms with Gasteiger partial charge in [0, 0.05) is 13.2 Å². The number of hydrogen-bond donors (Lipinski definition) is 2. The molecule has 1 aliphatic rings. The lowest BCUT2D eigenvalue weighted by Gasteiger charge is -2.02. The maximum absolute atomic E-state index is 8.42. The lowest BCUT2D eigenvalue weighted by molar-refractivity contribution is 0.0208. The minimum absolute atomic E-state index is 0.229. The van der Waals surface area contributed by atoms with Gasteiger partial charge in [0.1, 0.15) is 0 Å². The summed E-state index contributed by atoms with van der Waals surface area (Å²) in [5.74, 6) is 0. The monoisotopic (exact) mass is 117 g/mol. The smallest absolute Gasteiger partial charge is 0.0825 e. The Bertz CT molecular complexity index is 61.4. The molecule has 0 spiro atoms. The molecule has 0 bridgehead atoms. The van der Waals surface area contributed by atoms with Crippen LogP contribution in [0.1, 0.15) is 12.8 Å². The summed E-state index contributed by atoms with van der Waals surface area (Å²) in [6, 6.07) is 0. The number of hydroxylamine groups is 1. The van der Waals surface area contributed by atoms with E-state index in [9.17, 15) is 0 Å². The molecule has 1 atom stereocenters. The minimum atomic E-state index is 0.229. The summed E-state index contributed by atoms with van der Waals surface area (Å²) in [5, 5.41) is 8.42. The summed E-state index contributed by atoms with van der Waals surface area (Å²) >= 11 is 0. The molecule has 0 saturated carbocycles. The maximum atomic E-state index is 8.42. The van der Waals surface area contributed by atoms with Crippen molar-refractivity contribution in [1.29, 1.82) is 0 Å². The molecule has 48 valence electrons. The third-order valence-corrected chi connectivity index (χ3v) is 1.27. The Morgan fingerprint density at radius 2 is 2.62 bits per heavy atom. The molecule has 1 unspecified atom stereocenters. The zero-order valence-electron chi connectivity index (χ0n) is 4.76. The van der Waals surface area contributed by atoms with E-state index in [-0.39, 0.29) is 12.7 Å². The van der Waals surface area contributed by atoms with Gasteiger partial charge in [-0.05, 0) is 12.8 Å². The number of nitrogens with one attached hydrogen (secondary N) is 1. The topological polar surface area (TPSA) is 41.5 Å². The molecule has 1 saturated heterocycles. The van der Waals surface area contributed by atoms with Crippen LogP contribution in [0.5, 0.6) is 0 Å². The van der Waals surface area contributed by atoms with Crippen molar-refractivity contribution in [2.24, 2.45) is 0 Å². The van der Waals surface area contributed by atoms with Crippen LogP contribution in [0.25, 0.3) is 0 Å². The number of aliphatic hydroxyl groups is 1. The van der Waals surface area contributed by atoms with Crippen LogP contribution in [0, 0.1) is 0 Å². The largest absolute Gasteiger partial charge is 0.396 e. The second-order valence-electron chi connectivity index (χ2n) is 1.94. The van der Waals surface area contributed by atoms with Gasteiger partial charge < -0.3 is 5.11 Å². The van der Waals surface area contributed by atoms with Gasteiger partial charge in [-0.25, -0.2) is 5.48 Å². The molecule has 8 heavy (non-hydrogen) atoms. The van der Waals surface area contributed by atoms with E-state index < -0.39 is 0 Å². The first-order valence-corrected chi connectivity index (χ1v) is 2.93. The van der Waals surface area contributed by atoms with Gasteiger partial charge in [0.25, 0.3) is 0 Å². The van der Waals surface area contributed by atoms with Crippen LogP contribution in [0.2, 0.25) is 0 Å². The number of aliphatic hydroxyl groups excluding tert-OH is 1. The van der Waals surface area contributed by atoms with Gasteiger partial charge in [-0.15, -0.1) is 0 Å². The van der Waals surface area contributed by atoms with Gasteiger partial charge in [-0.1, -0.05) is 0 Å². The first kappa shape index (κ1) is 6.01. The Morgan fingerprint density at radius 3 is 3.12 bits per heavy atom. The molecule has 1 fully saturated rings. The molecule has 1 heterocycles. The predicted molar refractivity (Wildman–Crippen MR) is 29.2 cm³/mol. The van der Waals surface area contributed by atoms with Gasteiger partial charge >= 0.3 is 0 Å². The second-order valence-corrected chi connectivity index (χ2v) is 1.94. The Kier molecular flexibility index (Phi) is 2.27. The highest BCUT2D eigenvalue weighted by Crippen LogP contribution is 2.05. The van der Waals surface area contributed by atoms with Gasteiger partial charge in [0.2, 0.25) is 0 Å². The molecule has 0 aliphatic carbocycles. The van der Waals surface area contributed by atoms with Crippen molar-refractivity contribution in [2.75, 3.05) is 13.2 Å². The summed E-state index contributed by atoms with van der Waals surface area (Å²) in [7, 11) is 0. The average molecular weight is 117 g/mol. The van der Waals surface area contributed by atoms with Gasteiger partial charge in [-0.3, -0.25) is 4.84 Å². The molecule has 1 aliphatic heterocycles. The molecule has 0 aromatic heterocycles. The highest BCUT2D eigenvalue weighted by molar-refractivity contribution is 4.61. The van der Waals surface area contributed by atoms with Crippen molar-refractivity contribution < 1.29 is 9.94 Å². The molecular weight excluding hydrogens is 106 g/mol. The maximum Gasteiger partial charge on any atom is 0.0825 e. The fourth-order valence-corrected chi connectivity index (χ4v) is 0.803. The fraction of sp³-hybridized carbons (Fsp3) is 1.00.